The Morgan fingerprint density at radius 2 is 2.10 bits per heavy atom. The van der Waals surface area contributed by atoms with Crippen LogP contribution in [0, 0.1) is 5.92 Å². The third kappa shape index (κ3) is 3.92. The summed E-state index contributed by atoms with van der Waals surface area (Å²) in [6, 6.07) is 8.17. The Morgan fingerprint density at radius 3 is 2.67 bits per heavy atom. The first-order valence-corrected chi connectivity index (χ1v) is 7.22. The number of nitrogens with zero attached hydrogens (tertiary/aromatic N) is 3. The van der Waals surface area contributed by atoms with Crippen molar-refractivity contribution in [2.75, 3.05) is 13.1 Å². The Hall–Kier alpha value is -2.14. The molecule has 1 N–H and O–H groups in total. The van der Waals surface area contributed by atoms with Crippen LogP contribution in [0.25, 0.3) is 5.69 Å². The second-order valence-electron chi connectivity index (χ2n) is 5.64. The van der Waals surface area contributed by atoms with Crippen molar-refractivity contribution in [1.29, 1.82) is 0 Å². The van der Waals surface area contributed by atoms with Gasteiger partial charge in [-0.2, -0.15) is 0 Å². The minimum atomic E-state index is -0.759. The van der Waals surface area contributed by atoms with Crippen LogP contribution in [-0.2, 0) is 11.3 Å². The molecule has 5 nitrogen and oxygen atoms in total. The smallest absolute Gasteiger partial charge is 0.317 e. The molecule has 5 heteroatoms. The third-order valence-electron chi connectivity index (χ3n) is 3.72. The fourth-order valence-corrected chi connectivity index (χ4v) is 2.49. The molecule has 0 spiro atoms. The summed E-state index contributed by atoms with van der Waals surface area (Å²) >= 11 is 0. The fourth-order valence-electron chi connectivity index (χ4n) is 2.49. The summed E-state index contributed by atoms with van der Waals surface area (Å²) in [7, 11) is 0. The summed E-state index contributed by atoms with van der Waals surface area (Å²) in [5.41, 5.74) is 2.20. The van der Waals surface area contributed by atoms with Gasteiger partial charge >= 0.3 is 5.97 Å². The molecule has 1 aliphatic rings. The first kappa shape index (κ1) is 13.8. The van der Waals surface area contributed by atoms with Gasteiger partial charge in [-0.1, -0.05) is 12.1 Å². The lowest BCUT2D eigenvalue weighted by atomic mass is 10.2. The Bertz CT molecular complexity index is 588. The quantitative estimate of drug-likeness (QED) is 0.847. The number of benzene rings is 1. The van der Waals surface area contributed by atoms with E-state index in [2.05, 4.69) is 17.1 Å². The van der Waals surface area contributed by atoms with Crippen molar-refractivity contribution in [2.45, 2.75) is 19.4 Å². The highest BCUT2D eigenvalue weighted by molar-refractivity contribution is 5.69. The minimum absolute atomic E-state index is 0.111. The number of carboxylic acid groups (broad SMARTS) is 1. The molecule has 1 heterocycles. The van der Waals surface area contributed by atoms with Gasteiger partial charge in [0.2, 0.25) is 0 Å². The first-order valence-electron chi connectivity index (χ1n) is 7.22. The number of imidazole rings is 1. The summed E-state index contributed by atoms with van der Waals surface area (Å²) in [6.45, 7) is 1.68. The summed E-state index contributed by atoms with van der Waals surface area (Å²) in [5, 5.41) is 9.01. The predicted octanol–water partition coefficient (Wildman–Crippen LogP) is 2.17. The largest absolute Gasteiger partial charge is 0.480 e. The van der Waals surface area contributed by atoms with Crippen molar-refractivity contribution in [3.05, 3.63) is 48.5 Å². The van der Waals surface area contributed by atoms with Gasteiger partial charge < -0.3 is 9.67 Å². The molecule has 0 saturated heterocycles. The summed E-state index contributed by atoms with van der Waals surface area (Å²) in [6.07, 6.45) is 7.88. The Kier molecular flexibility index (Phi) is 4.01. The maximum atomic E-state index is 11.0. The zero-order valence-corrected chi connectivity index (χ0v) is 11.9. The zero-order valence-electron chi connectivity index (χ0n) is 11.9. The third-order valence-corrected chi connectivity index (χ3v) is 3.72. The van der Waals surface area contributed by atoms with Crippen molar-refractivity contribution in [3.8, 4) is 5.69 Å². The highest BCUT2D eigenvalue weighted by Crippen LogP contribution is 2.30. The molecule has 0 amide bonds. The van der Waals surface area contributed by atoms with Gasteiger partial charge in [-0.25, -0.2) is 4.98 Å². The van der Waals surface area contributed by atoms with Gasteiger partial charge in [-0.15, -0.1) is 0 Å². The van der Waals surface area contributed by atoms with Crippen LogP contribution in [0.4, 0.5) is 0 Å². The van der Waals surface area contributed by atoms with E-state index in [4.69, 9.17) is 5.11 Å². The van der Waals surface area contributed by atoms with E-state index in [1.165, 1.54) is 12.8 Å². The number of hydrogen-bond donors (Lipinski definition) is 1. The molecule has 1 aromatic heterocycles. The molecule has 0 unspecified atom stereocenters. The molecule has 0 radical (unpaired) electrons. The molecule has 1 aromatic carbocycles. The van der Waals surface area contributed by atoms with E-state index in [1.54, 1.807) is 12.5 Å². The molecular formula is C16H19N3O2. The van der Waals surface area contributed by atoms with E-state index >= 15 is 0 Å². The molecule has 1 aliphatic carbocycles. The summed E-state index contributed by atoms with van der Waals surface area (Å²) in [4.78, 5) is 17.0. The van der Waals surface area contributed by atoms with Crippen molar-refractivity contribution in [1.82, 2.24) is 14.5 Å². The van der Waals surface area contributed by atoms with E-state index in [0.29, 0.717) is 12.5 Å². The normalized spacial score (nSPS) is 14.5. The van der Waals surface area contributed by atoms with Crippen molar-refractivity contribution >= 4 is 5.97 Å². The van der Waals surface area contributed by atoms with E-state index in [-0.39, 0.29) is 6.54 Å². The SMILES string of the molecule is O=C(O)CN(Cc1ccc(-n2ccnc2)cc1)CC1CC1. The van der Waals surface area contributed by atoms with Crippen molar-refractivity contribution < 1.29 is 9.90 Å². The molecule has 0 bridgehead atoms. The lowest BCUT2D eigenvalue weighted by molar-refractivity contribution is -0.138. The van der Waals surface area contributed by atoms with Gasteiger partial charge in [0, 0.05) is 31.2 Å². The Morgan fingerprint density at radius 1 is 1.33 bits per heavy atom. The van der Waals surface area contributed by atoms with Crippen molar-refractivity contribution in [3.63, 3.8) is 0 Å². The van der Waals surface area contributed by atoms with Crippen LogP contribution in [0.3, 0.4) is 0 Å². The molecule has 0 aliphatic heterocycles. The number of aliphatic carboxylic acids is 1. The van der Waals surface area contributed by atoms with Gasteiger partial charge in [-0.05, 0) is 36.5 Å². The molecule has 1 fully saturated rings. The molecule has 2 aromatic rings. The average Bonchev–Trinajstić information content (AvgIpc) is 3.09. The highest BCUT2D eigenvalue weighted by atomic mass is 16.4. The van der Waals surface area contributed by atoms with Gasteiger partial charge in [0.25, 0.3) is 0 Å². The topological polar surface area (TPSA) is 58.4 Å². The van der Waals surface area contributed by atoms with Crippen LogP contribution in [0.1, 0.15) is 18.4 Å². The fraction of sp³-hybridized carbons (Fsp3) is 0.375. The molecule has 21 heavy (non-hydrogen) atoms. The van der Waals surface area contributed by atoms with Gasteiger partial charge in [0.05, 0.1) is 12.9 Å². The summed E-state index contributed by atoms with van der Waals surface area (Å²) in [5.74, 6) is -0.0692. The number of aromatic nitrogens is 2. The summed E-state index contributed by atoms with van der Waals surface area (Å²) < 4.78 is 1.95. The number of carbonyl (C=O) groups is 1. The second kappa shape index (κ2) is 6.10. The molecule has 0 atom stereocenters. The average molecular weight is 285 g/mol. The minimum Gasteiger partial charge on any atom is -0.480 e. The highest BCUT2D eigenvalue weighted by Gasteiger charge is 2.25. The van der Waals surface area contributed by atoms with Crippen LogP contribution >= 0.6 is 0 Å². The van der Waals surface area contributed by atoms with Crippen LogP contribution in [0.15, 0.2) is 43.0 Å². The van der Waals surface area contributed by atoms with E-state index in [9.17, 15) is 4.79 Å². The van der Waals surface area contributed by atoms with Gasteiger partial charge in [0.15, 0.2) is 0 Å². The molecule has 1 saturated carbocycles. The Balaban J connectivity index is 1.65. The van der Waals surface area contributed by atoms with E-state index in [0.717, 1.165) is 17.8 Å². The standard InChI is InChI=1S/C16H19N3O2/c20-16(21)11-18(9-13-1-2-13)10-14-3-5-15(6-4-14)19-8-7-17-12-19/h3-8,12-13H,1-2,9-11H2,(H,20,21). The lowest BCUT2D eigenvalue weighted by Gasteiger charge is -2.20. The zero-order chi connectivity index (χ0) is 14.7. The maximum Gasteiger partial charge on any atom is 0.317 e. The van der Waals surface area contributed by atoms with Gasteiger partial charge in [-0.3, -0.25) is 9.69 Å². The maximum absolute atomic E-state index is 11.0. The first-order chi connectivity index (χ1) is 10.2. The van der Waals surface area contributed by atoms with Crippen LogP contribution in [0.5, 0.6) is 0 Å². The van der Waals surface area contributed by atoms with E-state index < -0.39 is 5.97 Å². The molecule has 110 valence electrons. The van der Waals surface area contributed by atoms with Gasteiger partial charge in [0.1, 0.15) is 0 Å². The Labute approximate surface area is 123 Å². The molecule has 3 rings (SSSR count). The second-order valence-corrected chi connectivity index (χ2v) is 5.64. The van der Waals surface area contributed by atoms with Crippen LogP contribution in [-0.4, -0.2) is 38.6 Å². The lowest BCUT2D eigenvalue weighted by Crippen LogP contribution is -2.31. The number of carboxylic acids is 1. The number of rotatable bonds is 7. The number of hydrogen-bond acceptors (Lipinski definition) is 3. The van der Waals surface area contributed by atoms with Crippen molar-refractivity contribution in [2.24, 2.45) is 5.92 Å². The van der Waals surface area contributed by atoms with Crippen LogP contribution < -0.4 is 0 Å². The predicted molar refractivity (Wildman–Crippen MR) is 79.2 cm³/mol. The molecular weight excluding hydrogens is 266 g/mol. The van der Waals surface area contributed by atoms with E-state index in [1.807, 2.05) is 27.8 Å². The monoisotopic (exact) mass is 285 g/mol. The van der Waals surface area contributed by atoms with Crippen LogP contribution in [0.2, 0.25) is 0 Å².